The second kappa shape index (κ2) is 7.61. The summed E-state index contributed by atoms with van der Waals surface area (Å²) in [5.41, 5.74) is 2.46. The van der Waals surface area contributed by atoms with Gasteiger partial charge in [0.1, 0.15) is 11.5 Å². The van der Waals surface area contributed by atoms with Crippen molar-refractivity contribution in [1.29, 1.82) is 0 Å². The fraction of sp³-hybridized carbons (Fsp3) is 0.333. The van der Waals surface area contributed by atoms with Crippen LogP contribution < -0.4 is 10.1 Å². The number of rotatable bonds is 6. The smallest absolute Gasteiger partial charge is 0.226 e. The van der Waals surface area contributed by atoms with Crippen LogP contribution >= 0.6 is 0 Å². The van der Waals surface area contributed by atoms with Gasteiger partial charge in [-0.3, -0.25) is 9.89 Å². The predicted octanol–water partition coefficient (Wildman–Crippen LogP) is 3.62. The Kier molecular flexibility index (Phi) is 4.79. The lowest BCUT2D eigenvalue weighted by atomic mass is 9.69. The van der Waals surface area contributed by atoms with Gasteiger partial charge in [0.2, 0.25) is 5.91 Å². The lowest BCUT2D eigenvalue weighted by Gasteiger charge is -2.44. The fourth-order valence-electron chi connectivity index (χ4n) is 4.77. The van der Waals surface area contributed by atoms with E-state index in [0.717, 1.165) is 48.0 Å². The van der Waals surface area contributed by atoms with E-state index in [0.29, 0.717) is 5.92 Å². The molecule has 6 heteroatoms. The van der Waals surface area contributed by atoms with Gasteiger partial charge in [-0.1, -0.05) is 30.3 Å². The molecular weight excluding hydrogens is 376 g/mol. The maximum atomic E-state index is 12.7. The number of hydrogen-bond acceptors (Lipinski definition) is 4. The van der Waals surface area contributed by atoms with Crippen LogP contribution in [0.5, 0.6) is 11.5 Å². The summed E-state index contributed by atoms with van der Waals surface area (Å²) in [6.07, 6.45) is 2.55. The normalized spacial score (nSPS) is 22.9. The molecule has 2 atom stereocenters. The van der Waals surface area contributed by atoms with E-state index in [-0.39, 0.29) is 17.9 Å². The van der Waals surface area contributed by atoms with Crippen molar-refractivity contribution < 1.29 is 9.53 Å². The second-order valence-corrected chi connectivity index (χ2v) is 8.50. The van der Waals surface area contributed by atoms with Gasteiger partial charge in [-0.15, -0.1) is 0 Å². The lowest BCUT2D eigenvalue weighted by Crippen LogP contribution is -2.60. The Labute approximate surface area is 176 Å². The van der Waals surface area contributed by atoms with Crippen LogP contribution in [0.2, 0.25) is 0 Å². The molecule has 6 nitrogen and oxygen atoms in total. The highest BCUT2D eigenvalue weighted by atomic mass is 16.5. The molecule has 2 heterocycles. The van der Waals surface area contributed by atoms with Crippen molar-refractivity contribution in [2.24, 2.45) is 5.92 Å². The molecule has 154 valence electrons. The van der Waals surface area contributed by atoms with Gasteiger partial charge >= 0.3 is 0 Å². The number of H-pyrrole nitrogens is 1. The van der Waals surface area contributed by atoms with Crippen molar-refractivity contribution in [3.05, 3.63) is 66.4 Å². The standard InChI is InChI=1S/C24H26N4O2/c1-28-15-17-11-12-24(17,16-28)25-23(29)14-18-13-21(27-26-18)20-9-5-6-10-22(20)30-19-7-3-2-4-8-19/h2-10,13,17H,11-12,14-16H2,1H3,(H,25,29)(H,26,27)/t17-,24-/m0/s1. The summed E-state index contributed by atoms with van der Waals surface area (Å²) in [5, 5.41) is 10.8. The summed E-state index contributed by atoms with van der Waals surface area (Å²) < 4.78 is 6.05. The maximum absolute atomic E-state index is 12.7. The molecule has 0 radical (unpaired) electrons. The van der Waals surface area contributed by atoms with Crippen molar-refractivity contribution in [2.75, 3.05) is 20.1 Å². The van der Waals surface area contributed by atoms with Gasteiger partial charge in [0.15, 0.2) is 0 Å². The minimum Gasteiger partial charge on any atom is -0.457 e. The van der Waals surface area contributed by atoms with Crippen LogP contribution in [0.3, 0.4) is 0 Å². The first-order valence-electron chi connectivity index (χ1n) is 10.5. The molecule has 0 spiro atoms. The Hall–Kier alpha value is -3.12. The molecule has 1 aliphatic carbocycles. The van der Waals surface area contributed by atoms with Gasteiger partial charge in [0.05, 0.1) is 23.3 Å². The molecular formula is C24H26N4O2. The minimum absolute atomic E-state index is 0.0267. The van der Waals surface area contributed by atoms with E-state index in [1.807, 2.05) is 60.7 Å². The number of nitrogens with zero attached hydrogens (tertiary/aromatic N) is 2. The molecule has 30 heavy (non-hydrogen) atoms. The number of likely N-dealkylation sites (tertiary alicyclic amines) is 1. The SMILES string of the molecule is CN1C[C@@H]2CC[C@]2(NC(=O)Cc2cc(-c3ccccc3Oc3ccccc3)[nH]n2)C1. The number of likely N-dealkylation sites (N-methyl/N-ethyl adjacent to an activating group) is 1. The van der Waals surface area contributed by atoms with Gasteiger partial charge in [-0.25, -0.2) is 0 Å². The number of carbonyl (C=O) groups is 1. The van der Waals surface area contributed by atoms with E-state index >= 15 is 0 Å². The van der Waals surface area contributed by atoms with Gasteiger partial charge in [-0.2, -0.15) is 5.10 Å². The highest BCUT2D eigenvalue weighted by Crippen LogP contribution is 2.44. The first-order chi connectivity index (χ1) is 14.6. The van der Waals surface area contributed by atoms with Crippen LogP contribution in [0.4, 0.5) is 0 Å². The van der Waals surface area contributed by atoms with E-state index < -0.39 is 0 Å². The van der Waals surface area contributed by atoms with Crippen molar-refractivity contribution in [1.82, 2.24) is 20.4 Å². The largest absolute Gasteiger partial charge is 0.457 e. The summed E-state index contributed by atoms with van der Waals surface area (Å²) in [5.74, 6) is 2.15. The van der Waals surface area contributed by atoms with Crippen LogP contribution in [0.25, 0.3) is 11.3 Å². The number of amides is 1. The van der Waals surface area contributed by atoms with Crippen LogP contribution in [0, 0.1) is 5.92 Å². The zero-order chi connectivity index (χ0) is 20.6. The van der Waals surface area contributed by atoms with Crippen LogP contribution in [0.1, 0.15) is 18.5 Å². The molecule has 0 bridgehead atoms. The predicted molar refractivity (Wildman–Crippen MR) is 115 cm³/mol. The Bertz CT molecular complexity index is 1050. The molecule has 2 fully saturated rings. The van der Waals surface area contributed by atoms with E-state index in [4.69, 9.17) is 4.74 Å². The minimum atomic E-state index is -0.0267. The van der Waals surface area contributed by atoms with Crippen molar-refractivity contribution in [2.45, 2.75) is 24.8 Å². The van der Waals surface area contributed by atoms with Crippen molar-refractivity contribution in [3.63, 3.8) is 0 Å². The summed E-state index contributed by atoms with van der Waals surface area (Å²) in [7, 11) is 2.13. The molecule has 2 N–H and O–H groups in total. The molecule has 5 rings (SSSR count). The first-order valence-corrected chi connectivity index (χ1v) is 10.5. The number of fused-ring (bicyclic) bond motifs is 1. The number of para-hydroxylation sites is 2. The molecule has 1 aromatic heterocycles. The lowest BCUT2D eigenvalue weighted by molar-refractivity contribution is -0.124. The number of hydrogen-bond donors (Lipinski definition) is 2. The topological polar surface area (TPSA) is 70.2 Å². The molecule has 1 saturated heterocycles. The van der Waals surface area contributed by atoms with Crippen LogP contribution in [-0.4, -0.2) is 46.7 Å². The highest BCUT2D eigenvalue weighted by Gasteiger charge is 2.52. The summed E-state index contributed by atoms with van der Waals surface area (Å²) >= 11 is 0. The zero-order valence-electron chi connectivity index (χ0n) is 17.1. The quantitative estimate of drug-likeness (QED) is 0.661. The Balaban J connectivity index is 1.29. The summed E-state index contributed by atoms with van der Waals surface area (Å²) in [4.78, 5) is 15.0. The molecule has 0 unspecified atom stereocenters. The first kappa shape index (κ1) is 18.9. The van der Waals surface area contributed by atoms with Gasteiger partial charge in [0, 0.05) is 18.7 Å². The molecule has 1 saturated carbocycles. The number of benzene rings is 2. The molecule has 2 aliphatic rings. The number of aromatic nitrogens is 2. The monoisotopic (exact) mass is 402 g/mol. The number of nitrogens with one attached hydrogen (secondary N) is 2. The Morgan fingerprint density at radius 2 is 2.03 bits per heavy atom. The Morgan fingerprint density at radius 1 is 1.23 bits per heavy atom. The van der Waals surface area contributed by atoms with E-state index in [1.165, 1.54) is 6.42 Å². The average molecular weight is 402 g/mol. The van der Waals surface area contributed by atoms with E-state index in [9.17, 15) is 4.79 Å². The maximum Gasteiger partial charge on any atom is 0.226 e. The van der Waals surface area contributed by atoms with Crippen LogP contribution in [-0.2, 0) is 11.2 Å². The number of ether oxygens (including phenoxy) is 1. The summed E-state index contributed by atoms with van der Waals surface area (Å²) in [6, 6.07) is 19.5. The number of aromatic amines is 1. The molecule has 1 aliphatic heterocycles. The number of carbonyl (C=O) groups excluding carboxylic acids is 1. The van der Waals surface area contributed by atoms with Gasteiger partial charge < -0.3 is 15.0 Å². The fourth-order valence-corrected chi connectivity index (χ4v) is 4.77. The Morgan fingerprint density at radius 3 is 2.80 bits per heavy atom. The molecule has 1 amide bonds. The third kappa shape index (κ3) is 3.59. The second-order valence-electron chi connectivity index (χ2n) is 8.50. The average Bonchev–Trinajstić information content (AvgIpc) is 3.27. The van der Waals surface area contributed by atoms with Gasteiger partial charge in [0.25, 0.3) is 0 Å². The third-order valence-electron chi connectivity index (χ3n) is 6.31. The zero-order valence-corrected chi connectivity index (χ0v) is 17.1. The van der Waals surface area contributed by atoms with Crippen LogP contribution in [0.15, 0.2) is 60.7 Å². The van der Waals surface area contributed by atoms with Gasteiger partial charge in [-0.05, 0) is 56.1 Å². The molecule has 3 aromatic rings. The summed E-state index contributed by atoms with van der Waals surface area (Å²) in [6.45, 7) is 2.02. The van der Waals surface area contributed by atoms with E-state index in [2.05, 4.69) is 27.5 Å². The van der Waals surface area contributed by atoms with E-state index in [1.54, 1.807) is 0 Å². The molecule has 2 aromatic carbocycles. The third-order valence-corrected chi connectivity index (χ3v) is 6.31. The van der Waals surface area contributed by atoms with Crippen molar-refractivity contribution in [3.8, 4) is 22.8 Å². The highest BCUT2D eigenvalue weighted by molar-refractivity contribution is 5.80. The van der Waals surface area contributed by atoms with Crippen molar-refractivity contribution >= 4 is 5.91 Å².